The minimum absolute atomic E-state index is 0.300. The van der Waals surface area contributed by atoms with Gasteiger partial charge in [-0.2, -0.15) is 0 Å². The molecule has 0 spiro atoms. The number of benzene rings is 1. The molecule has 25 heavy (non-hydrogen) atoms. The van der Waals surface area contributed by atoms with E-state index in [4.69, 9.17) is 5.73 Å². The summed E-state index contributed by atoms with van der Waals surface area (Å²) in [6.07, 6.45) is 5.82. The topological polar surface area (TPSA) is 111 Å². The highest BCUT2D eigenvalue weighted by Crippen LogP contribution is 2.38. The number of anilines is 1. The first-order chi connectivity index (χ1) is 12.0. The van der Waals surface area contributed by atoms with Crippen molar-refractivity contribution >= 4 is 23.6 Å². The summed E-state index contributed by atoms with van der Waals surface area (Å²) in [5, 5.41) is 5.42. The quantitative estimate of drug-likeness (QED) is 0.696. The maximum atomic E-state index is 12.4. The van der Waals surface area contributed by atoms with E-state index in [1.807, 2.05) is 0 Å². The highest BCUT2D eigenvalue weighted by Gasteiger charge is 2.27. The first-order valence-electron chi connectivity index (χ1n) is 8.59. The van der Waals surface area contributed by atoms with Gasteiger partial charge in [0.05, 0.1) is 13.5 Å². The summed E-state index contributed by atoms with van der Waals surface area (Å²) < 4.78 is 4.62. The van der Waals surface area contributed by atoms with Crippen LogP contribution in [-0.4, -0.2) is 31.1 Å². The van der Waals surface area contributed by atoms with Crippen LogP contribution in [0.25, 0.3) is 0 Å². The third kappa shape index (κ3) is 3.60. The van der Waals surface area contributed by atoms with Gasteiger partial charge in [-0.25, -0.2) is 9.59 Å². The predicted octanol–water partition coefficient (Wildman–Crippen LogP) is 1.20. The van der Waals surface area contributed by atoms with Crippen molar-refractivity contribution in [1.82, 2.24) is 5.32 Å². The summed E-state index contributed by atoms with van der Waals surface area (Å²) >= 11 is 0. The minimum Gasteiger partial charge on any atom is -0.467 e. The number of amides is 3. The van der Waals surface area contributed by atoms with Gasteiger partial charge in [0.15, 0.2) is 0 Å². The van der Waals surface area contributed by atoms with Gasteiger partial charge in [-0.15, -0.1) is 0 Å². The number of ether oxygens (including phenoxy) is 1. The first-order valence-corrected chi connectivity index (χ1v) is 8.59. The van der Waals surface area contributed by atoms with Gasteiger partial charge in [0.2, 0.25) is 5.91 Å². The normalized spacial score (nSPS) is 15.9. The second kappa shape index (κ2) is 7.13. The summed E-state index contributed by atoms with van der Waals surface area (Å²) in [5.74, 6) is -1.38. The number of methoxy groups -OCH3 is 1. The van der Waals surface area contributed by atoms with Crippen molar-refractivity contribution in [2.24, 2.45) is 5.73 Å². The van der Waals surface area contributed by atoms with Crippen molar-refractivity contribution in [3.63, 3.8) is 0 Å². The third-order valence-electron chi connectivity index (χ3n) is 4.91. The summed E-state index contributed by atoms with van der Waals surface area (Å²) in [6.45, 7) is 0. The molecule has 0 unspecified atom stereocenters. The molecule has 0 saturated heterocycles. The lowest BCUT2D eigenvalue weighted by Crippen LogP contribution is -2.45. The minimum atomic E-state index is -1.09. The van der Waals surface area contributed by atoms with Crippen LogP contribution in [0.15, 0.2) is 6.07 Å². The number of primary amides is 1. The van der Waals surface area contributed by atoms with Gasteiger partial charge >= 0.3 is 12.0 Å². The van der Waals surface area contributed by atoms with Gasteiger partial charge in [0.25, 0.3) is 0 Å². The number of nitrogens with one attached hydrogen (secondary N) is 2. The van der Waals surface area contributed by atoms with E-state index in [-0.39, 0.29) is 6.42 Å². The monoisotopic (exact) mass is 345 g/mol. The highest BCUT2D eigenvalue weighted by atomic mass is 16.5. The Bertz CT molecular complexity index is 697. The van der Waals surface area contributed by atoms with E-state index in [1.165, 1.54) is 29.4 Å². The maximum absolute atomic E-state index is 12.4. The number of fused-ring (bicyclic) bond motifs is 2. The molecule has 4 N–H and O–H groups in total. The fourth-order valence-corrected chi connectivity index (χ4v) is 3.81. The largest absolute Gasteiger partial charge is 0.467 e. The smallest absolute Gasteiger partial charge is 0.328 e. The average Bonchev–Trinajstić information content (AvgIpc) is 3.21. The van der Waals surface area contributed by atoms with Gasteiger partial charge in [-0.1, -0.05) is 6.07 Å². The zero-order valence-corrected chi connectivity index (χ0v) is 14.3. The molecule has 1 atom stereocenters. The van der Waals surface area contributed by atoms with Crippen molar-refractivity contribution in [2.45, 2.75) is 51.0 Å². The predicted molar refractivity (Wildman–Crippen MR) is 92.3 cm³/mol. The standard InChI is InChI=1S/C18H23N3O4/c1-25-17(23)14(9-15(19)22)20-18(24)21-16-12-6-2-4-10(12)8-11-5-3-7-13(11)16/h8,14H,2-7,9H2,1H3,(H2,19,22)(H2,20,21,24)/t14-/m1/s1. The number of esters is 1. The number of carbonyl (C=O) groups is 3. The Hall–Kier alpha value is -2.57. The lowest BCUT2D eigenvalue weighted by atomic mass is 9.99. The lowest BCUT2D eigenvalue weighted by Gasteiger charge is -2.19. The summed E-state index contributed by atoms with van der Waals surface area (Å²) in [4.78, 5) is 35.3. The van der Waals surface area contributed by atoms with E-state index in [0.29, 0.717) is 0 Å². The maximum Gasteiger partial charge on any atom is 0.328 e. The molecule has 0 aliphatic heterocycles. The molecule has 7 heteroatoms. The lowest BCUT2D eigenvalue weighted by molar-refractivity contribution is -0.144. The average molecular weight is 345 g/mol. The van der Waals surface area contributed by atoms with E-state index < -0.39 is 23.9 Å². The third-order valence-corrected chi connectivity index (χ3v) is 4.91. The molecule has 0 fully saturated rings. The number of urea groups is 1. The van der Waals surface area contributed by atoms with E-state index in [2.05, 4.69) is 21.4 Å². The van der Waals surface area contributed by atoms with Gasteiger partial charge < -0.3 is 21.1 Å². The molecule has 134 valence electrons. The fraction of sp³-hybridized carbons (Fsp3) is 0.500. The molecule has 2 aliphatic rings. The zero-order valence-electron chi connectivity index (χ0n) is 14.3. The van der Waals surface area contributed by atoms with Crippen LogP contribution < -0.4 is 16.4 Å². The molecular weight excluding hydrogens is 322 g/mol. The van der Waals surface area contributed by atoms with Crippen LogP contribution in [0.2, 0.25) is 0 Å². The van der Waals surface area contributed by atoms with Crippen molar-refractivity contribution < 1.29 is 19.1 Å². The second-order valence-corrected chi connectivity index (χ2v) is 6.58. The number of aryl methyl sites for hydroxylation is 2. The van der Waals surface area contributed by atoms with E-state index >= 15 is 0 Å². The molecule has 7 nitrogen and oxygen atoms in total. The molecule has 2 aliphatic carbocycles. The Morgan fingerprint density at radius 1 is 1.12 bits per heavy atom. The zero-order chi connectivity index (χ0) is 18.0. The molecule has 0 bridgehead atoms. The molecule has 0 heterocycles. The van der Waals surface area contributed by atoms with Crippen LogP contribution >= 0.6 is 0 Å². The molecule has 0 aromatic heterocycles. The molecule has 0 saturated carbocycles. The van der Waals surface area contributed by atoms with Gasteiger partial charge in [0.1, 0.15) is 6.04 Å². The first kappa shape index (κ1) is 17.3. The second-order valence-electron chi connectivity index (χ2n) is 6.58. The molecule has 1 aromatic carbocycles. The number of hydrogen-bond donors (Lipinski definition) is 3. The number of nitrogens with two attached hydrogens (primary N) is 1. The van der Waals surface area contributed by atoms with E-state index in [0.717, 1.165) is 44.2 Å². The van der Waals surface area contributed by atoms with Crippen LogP contribution in [0, 0.1) is 0 Å². The van der Waals surface area contributed by atoms with E-state index in [9.17, 15) is 14.4 Å². The SMILES string of the molecule is COC(=O)[C@@H](CC(N)=O)NC(=O)Nc1c2c(cc3c1CCC3)CCC2. The number of hydrogen-bond acceptors (Lipinski definition) is 4. The van der Waals surface area contributed by atoms with Crippen LogP contribution in [0.4, 0.5) is 10.5 Å². The Morgan fingerprint density at radius 3 is 2.24 bits per heavy atom. The van der Waals surface area contributed by atoms with Gasteiger partial charge in [0, 0.05) is 5.69 Å². The van der Waals surface area contributed by atoms with Crippen LogP contribution in [0.5, 0.6) is 0 Å². The summed E-state index contributed by atoms with van der Waals surface area (Å²) in [5.41, 5.74) is 11.0. The Balaban J connectivity index is 1.79. The molecule has 3 rings (SSSR count). The Morgan fingerprint density at radius 2 is 1.72 bits per heavy atom. The molecule has 1 aromatic rings. The van der Waals surface area contributed by atoms with Crippen molar-refractivity contribution in [3.8, 4) is 0 Å². The van der Waals surface area contributed by atoms with Gasteiger partial charge in [-0.3, -0.25) is 4.79 Å². The van der Waals surface area contributed by atoms with Gasteiger partial charge in [-0.05, 0) is 60.8 Å². The molecule has 3 amide bonds. The van der Waals surface area contributed by atoms with Crippen molar-refractivity contribution in [2.75, 3.05) is 12.4 Å². The van der Waals surface area contributed by atoms with Crippen molar-refractivity contribution in [1.29, 1.82) is 0 Å². The summed E-state index contributed by atoms with van der Waals surface area (Å²) in [6, 6.07) is 0.663. The fourth-order valence-electron chi connectivity index (χ4n) is 3.81. The highest BCUT2D eigenvalue weighted by molar-refractivity contribution is 5.95. The molecule has 0 radical (unpaired) electrons. The summed E-state index contributed by atoms with van der Waals surface area (Å²) in [7, 11) is 1.20. The van der Waals surface area contributed by atoms with Crippen molar-refractivity contribution in [3.05, 3.63) is 28.3 Å². The molecular formula is C18H23N3O4. The van der Waals surface area contributed by atoms with Crippen LogP contribution in [-0.2, 0) is 40.0 Å². The van der Waals surface area contributed by atoms with Crippen LogP contribution in [0.3, 0.4) is 0 Å². The van der Waals surface area contributed by atoms with Crippen LogP contribution in [0.1, 0.15) is 41.5 Å². The number of rotatable bonds is 5. The number of carbonyl (C=O) groups excluding carboxylic acids is 3. The Labute approximate surface area is 146 Å². The van der Waals surface area contributed by atoms with E-state index in [1.54, 1.807) is 0 Å². The Kier molecular flexibility index (Phi) is 4.92.